The lowest BCUT2D eigenvalue weighted by Crippen LogP contribution is -2.49. The lowest BCUT2D eigenvalue weighted by Gasteiger charge is -2.27. The minimum Gasteiger partial charge on any atom is -0.480 e. The molecule has 3 amide bonds. The van der Waals surface area contributed by atoms with E-state index in [4.69, 9.17) is 5.73 Å². The third kappa shape index (κ3) is 18.4. The molecule has 0 aromatic rings. The largest absolute Gasteiger partial charge is 0.480 e. The van der Waals surface area contributed by atoms with Crippen molar-refractivity contribution in [2.45, 2.75) is 161 Å². The Kier molecular flexibility index (Phi) is 22.2. The summed E-state index contributed by atoms with van der Waals surface area (Å²) in [5.74, 6) is -2.80. The van der Waals surface area contributed by atoms with E-state index in [2.05, 4.69) is 13.8 Å². The number of unbranched alkanes of at least 4 members (excludes halogenated alkanes) is 16. The molecule has 0 fully saturated rings. The van der Waals surface area contributed by atoms with E-state index < -0.39 is 29.7 Å². The van der Waals surface area contributed by atoms with E-state index in [1.165, 1.54) is 64.2 Å². The predicted molar refractivity (Wildman–Crippen MR) is 145 cm³/mol. The predicted octanol–water partition coefficient (Wildman–Crippen LogP) is 6.90. The number of carboxylic acids is 1. The molecule has 0 heterocycles. The number of hydrogen-bond donors (Lipinski definition) is 2. The summed E-state index contributed by atoms with van der Waals surface area (Å²) >= 11 is 0. The van der Waals surface area contributed by atoms with Gasteiger partial charge < -0.3 is 10.8 Å². The van der Waals surface area contributed by atoms with Crippen LogP contribution in [0.15, 0.2) is 0 Å². The quantitative estimate of drug-likeness (QED) is 0.129. The number of carbonyl (C=O) groups excluding carboxylic acids is 3. The van der Waals surface area contributed by atoms with Gasteiger partial charge in [0.15, 0.2) is 0 Å². The second-order valence-corrected chi connectivity index (χ2v) is 10.2. The number of nitrogens with two attached hydrogens (primary N) is 1. The minimum absolute atomic E-state index is 0.141. The average Bonchev–Trinajstić information content (AvgIpc) is 2.83. The molecule has 210 valence electrons. The van der Waals surface area contributed by atoms with Gasteiger partial charge in [0.25, 0.3) is 0 Å². The van der Waals surface area contributed by atoms with E-state index in [-0.39, 0.29) is 25.7 Å². The summed E-state index contributed by atoms with van der Waals surface area (Å²) in [6.45, 7) is 4.40. The van der Waals surface area contributed by atoms with Gasteiger partial charge in [0.05, 0.1) is 0 Å². The lowest BCUT2D eigenvalue weighted by atomic mass is 10.0. The molecule has 0 aliphatic carbocycles. The molecule has 0 aromatic heterocycles. The van der Waals surface area contributed by atoms with Gasteiger partial charge in [-0.05, 0) is 19.3 Å². The highest BCUT2D eigenvalue weighted by molar-refractivity contribution is 5.99. The Morgan fingerprint density at radius 2 is 0.917 bits per heavy atom. The monoisotopic (exact) mass is 510 g/mol. The average molecular weight is 511 g/mol. The summed E-state index contributed by atoms with van der Waals surface area (Å²) in [6, 6.07) is -1.34. The number of imide groups is 1. The molecule has 0 unspecified atom stereocenters. The Labute approximate surface area is 219 Å². The number of carbonyl (C=O) groups is 4. The van der Waals surface area contributed by atoms with Gasteiger partial charge >= 0.3 is 5.97 Å². The van der Waals surface area contributed by atoms with Gasteiger partial charge in [0, 0.05) is 19.3 Å². The molecule has 7 nitrogen and oxygen atoms in total. The van der Waals surface area contributed by atoms with Crippen LogP contribution in [0.4, 0.5) is 0 Å². The Morgan fingerprint density at radius 3 is 1.22 bits per heavy atom. The van der Waals surface area contributed by atoms with E-state index in [9.17, 15) is 24.3 Å². The van der Waals surface area contributed by atoms with Crippen molar-refractivity contribution in [3.05, 3.63) is 0 Å². The molecule has 0 rings (SSSR count). The first-order valence-electron chi connectivity index (χ1n) is 14.7. The molecular weight excluding hydrogens is 456 g/mol. The number of nitrogens with zero attached hydrogens (tertiary/aromatic N) is 1. The van der Waals surface area contributed by atoms with Crippen molar-refractivity contribution in [1.29, 1.82) is 0 Å². The van der Waals surface area contributed by atoms with E-state index in [1.807, 2.05) is 0 Å². The standard InChI is InChI=1S/C29H54N2O5/c1-3-5-7-9-11-13-15-17-19-21-27(33)31(25(29(35)36)23-24-26(30)32)28(34)22-20-18-16-14-12-10-8-6-4-2/h25H,3-24H2,1-2H3,(H2,30,32)(H,35,36)/t25-/m0/s1. The van der Waals surface area contributed by atoms with Crippen LogP contribution in [0.3, 0.4) is 0 Å². The van der Waals surface area contributed by atoms with E-state index in [0.29, 0.717) is 12.8 Å². The summed E-state index contributed by atoms with van der Waals surface area (Å²) in [5.41, 5.74) is 5.20. The third-order valence-corrected chi connectivity index (χ3v) is 6.79. The molecule has 0 saturated carbocycles. The van der Waals surface area contributed by atoms with Crippen LogP contribution in [0, 0.1) is 0 Å². The number of amides is 3. The second-order valence-electron chi connectivity index (χ2n) is 10.2. The normalized spacial score (nSPS) is 11.8. The Morgan fingerprint density at radius 1 is 0.583 bits per heavy atom. The van der Waals surface area contributed by atoms with Crippen LogP contribution >= 0.6 is 0 Å². The molecule has 3 N–H and O–H groups in total. The molecule has 0 aliphatic rings. The Hall–Kier alpha value is -1.92. The van der Waals surface area contributed by atoms with Crippen LogP contribution in [0.5, 0.6) is 0 Å². The third-order valence-electron chi connectivity index (χ3n) is 6.79. The van der Waals surface area contributed by atoms with Crippen LogP contribution < -0.4 is 5.73 Å². The van der Waals surface area contributed by atoms with Crippen LogP contribution in [0.2, 0.25) is 0 Å². The van der Waals surface area contributed by atoms with Crippen LogP contribution in [-0.4, -0.2) is 39.7 Å². The first-order chi connectivity index (χ1) is 17.3. The molecule has 1 atom stereocenters. The summed E-state index contributed by atoms with van der Waals surface area (Å²) in [6.07, 6.45) is 19.8. The summed E-state index contributed by atoms with van der Waals surface area (Å²) in [4.78, 5) is 50.0. The minimum atomic E-state index is -1.34. The van der Waals surface area contributed by atoms with Gasteiger partial charge in [-0.2, -0.15) is 0 Å². The number of aliphatic carboxylic acids is 1. The Bertz CT molecular complexity index is 574. The van der Waals surface area contributed by atoms with Crippen molar-refractivity contribution in [3.63, 3.8) is 0 Å². The maximum atomic E-state index is 13.0. The number of hydrogen-bond acceptors (Lipinski definition) is 4. The van der Waals surface area contributed by atoms with Gasteiger partial charge in [0.1, 0.15) is 6.04 Å². The van der Waals surface area contributed by atoms with Crippen LogP contribution in [0.1, 0.15) is 155 Å². The van der Waals surface area contributed by atoms with Crippen LogP contribution in [0.25, 0.3) is 0 Å². The van der Waals surface area contributed by atoms with E-state index in [1.54, 1.807) is 0 Å². The molecule has 0 aliphatic heterocycles. The first-order valence-corrected chi connectivity index (χ1v) is 14.7. The van der Waals surface area contributed by atoms with Crippen molar-refractivity contribution >= 4 is 23.7 Å². The van der Waals surface area contributed by atoms with Crippen molar-refractivity contribution < 1.29 is 24.3 Å². The lowest BCUT2D eigenvalue weighted by molar-refractivity contribution is -0.158. The van der Waals surface area contributed by atoms with Gasteiger partial charge in [-0.25, -0.2) is 4.79 Å². The van der Waals surface area contributed by atoms with Crippen molar-refractivity contribution in [1.82, 2.24) is 4.90 Å². The fourth-order valence-corrected chi connectivity index (χ4v) is 4.54. The zero-order valence-corrected chi connectivity index (χ0v) is 23.2. The zero-order valence-electron chi connectivity index (χ0n) is 23.2. The van der Waals surface area contributed by atoms with E-state index >= 15 is 0 Å². The fraction of sp³-hybridized carbons (Fsp3) is 0.862. The summed E-state index contributed by atoms with van der Waals surface area (Å²) in [7, 11) is 0. The first kappa shape index (κ1) is 34.1. The number of primary amides is 1. The molecular formula is C29H54N2O5. The highest BCUT2D eigenvalue weighted by Crippen LogP contribution is 2.17. The molecule has 0 aromatic carbocycles. The number of rotatable bonds is 25. The highest BCUT2D eigenvalue weighted by Gasteiger charge is 2.34. The van der Waals surface area contributed by atoms with E-state index in [0.717, 1.165) is 43.4 Å². The maximum Gasteiger partial charge on any atom is 0.326 e. The topological polar surface area (TPSA) is 118 Å². The van der Waals surface area contributed by atoms with Gasteiger partial charge in [-0.3, -0.25) is 19.3 Å². The zero-order chi connectivity index (χ0) is 27.0. The van der Waals surface area contributed by atoms with Crippen molar-refractivity contribution in [2.75, 3.05) is 0 Å². The van der Waals surface area contributed by atoms with Gasteiger partial charge in [-0.15, -0.1) is 0 Å². The molecule has 36 heavy (non-hydrogen) atoms. The SMILES string of the molecule is CCCCCCCCCCCC(=O)N(C(=O)CCCCCCCCCCC)[C@@H](CCC(N)=O)C(=O)O. The van der Waals surface area contributed by atoms with Gasteiger partial charge in [0.2, 0.25) is 17.7 Å². The highest BCUT2D eigenvalue weighted by atomic mass is 16.4. The Balaban J connectivity index is 4.66. The maximum absolute atomic E-state index is 13.0. The molecule has 0 radical (unpaired) electrons. The fourth-order valence-electron chi connectivity index (χ4n) is 4.54. The molecule has 0 bridgehead atoms. The van der Waals surface area contributed by atoms with Crippen molar-refractivity contribution in [2.24, 2.45) is 5.73 Å². The van der Waals surface area contributed by atoms with Crippen molar-refractivity contribution in [3.8, 4) is 0 Å². The van der Waals surface area contributed by atoms with Crippen LogP contribution in [-0.2, 0) is 19.2 Å². The number of carboxylic acid groups (broad SMARTS) is 1. The molecule has 0 spiro atoms. The molecule has 7 heteroatoms. The second kappa shape index (κ2) is 23.5. The molecule has 0 saturated heterocycles. The summed E-state index contributed by atoms with van der Waals surface area (Å²) < 4.78 is 0. The summed E-state index contributed by atoms with van der Waals surface area (Å²) in [5, 5.41) is 9.72. The smallest absolute Gasteiger partial charge is 0.326 e. The van der Waals surface area contributed by atoms with Gasteiger partial charge in [-0.1, -0.05) is 117 Å².